The fraction of sp³-hybridized carbons (Fsp3) is 0.682. The van der Waals surface area contributed by atoms with E-state index in [1.54, 1.807) is 14.2 Å². The van der Waals surface area contributed by atoms with Gasteiger partial charge >= 0.3 is 0 Å². The van der Waals surface area contributed by atoms with E-state index in [0.717, 1.165) is 46.3 Å². The number of halogens is 1. The standard InChI is InChI=1S/C22H31IO3/c1-13(2)15-10-14-11-16(24)20-21(3,4)8-7-9-22(20,12-23)17(14)19(26-6)18(15)25-5/h10,13,20H,7-9,11-12H2,1-6H3/t20-,22-/m0/s1. The molecule has 3 nitrogen and oxygen atoms in total. The van der Waals surface area contributed by atoms with E-state index >= 15 is 0 Å². The molecule has 1 saturated carbocycles. The normalized spacial score (nSPS) is 27.1. The van der Waals surface area contributed by atoms with E-state index in [0.29, 0.717) is 18.1 Å². The molecule has 0 radical (unpaired) electrons. The molecule has 3 rings (SSSR count). The zero-order chi connectivity index (χ0) is 19.3. The van der Waals surface area contributed by atoms with Gasteiger partial charge in [-0.15, -0.1) is 0 Å². The summed E-state index contributed by atoms with van der Waals surface area (Å²) < 4.78 is 12.7. The minimum atomic E-state index is -0.152. The molecule has 0 saturated heterocycles. The first-order valence-corrected chi connectivity index (χ1v) is 11.1. The SMILES string of the molecule is COc1c(C(C)C)cc2c(c1OC)[C@@]1(CI)CCCC(C)(C)[C@@H]1C(=O)C2. The summed E-state index contributed by atoms with van der Waals surface area (Å²) in [6.07, 6.45) is 3.82. The third kappa shape index (κ3) is 2.78. The minimum absolute atomic E-state index is 0.0210. The number of hydrogen-bond acceptors (Lipinski definition) is 3. The van der Waals surface area contributed by atoms with Gasteiger partial charge in [0.25, 0.3) is 0 Å². The molecule has 2 aliphatic rings. The number of ketones is 1. The maximum Gasteiger partial charge on any atom is 0.165 e. The molecule has 0 N–H and O–H groups in total. The molecular formula is C22H31IO3. The Labute approximate surface area is 171 Å². The van der Waals surface area contributed by atoms with Crippen molar-refractivity contribution < 1.29 is 14.3 Å². The average molecular weight is 470 g/mol. The summed E-state index contributed by atoms with van der Waals surface area (Å²) in [6, 6.07) is 2.21. The van der Waals surface area contributed by atoms with Crippen LogP contribution in [-0.2, 0) is 16.6 Å². The van der Waals surface area contributed by atoms with Crippen molar-refractivity contribution in [3.05, 3.63) is 22.8 Å². The Morgan fingerprint density at radius 1 is 1.19 bits per heavy atom. The van der Waals surface area contributed by atoms with Crippen LogP contribution in [0, 0.1) is 11.3 Å². The lowest BCUT2D eigenvalue weighted by atomic mass is 9.49. The largest absolute Gasteiger partial charge is 0.493 e. The van der Waals surface area contributed by atoms with Crippen molar-refractivity contribution in [3.8, 4) is 11.5 Å². The first-order valence-electron chi connectivity index (χ1n) is 9.60. The van der Waals surface area contributed by atoms with Crippen LogP contribution < -0.4 is 9.47 Å². The van der Waals surface area contributed by atoms with Crippen LogP contribution in [0.1, 0.15) is 69.6 Å². The zero-order valence-electron chi connectivity index (χ0n) is 16.9. The second kappa shape index (κ2) is 6.99. The molecule has 0 amide bonds. The van der Waals surface area contributed by atoms with Crippen molar-refractivity contribution in [3.63, 3.8) is 0 Å². The summed E-state index contributed by atoms with van der Waals surface area (Å²) >= 11 is 2.49. The Balaban J connectivity index is 2.36. The minimum Gasteiger partial charge on any atom is -0.493 e. The Bertz CT molecular complexity index is 723. The van der Waals surface area contributed by atoms with Gasteiger partial charge in [-0.3, -0.25) is 4.79 Å². The lowest BCUT2D eigenvalue weighted by Gasteiger charge is -2.54. The number of benzene rings is 1. The van der Waals surface area contributed by atoms with Crippen LogP contribution in [0.5, 0.6) is 11.5 Å². The first kappa shape index (κ1) is 20.0. The van der Waals surface area contributed by atoms with Gasteiger partial charge in [0.15, 0.2) is 11.5 Å². The summed E-state index contributed by atoms with van der Waals surface area (Å²) in [4.78, 5) is 13.3. The maximum atomic E-state index is 13.3. The van der Waals surface area contributed by atoms with E-state index in [4.69, 9.17) is 9.47 Å². The average Bonchev–Trinajstić information content (AvgIpc) is 2.58. The monoisotopic (exact) mass is 470 g/mol. The molecule has 0 bridgehead atoms. The number of fused-ring (bicyclic) bond motifs is 3. The maximum absolute atomic E-state index is 13.3. The molecule has 1 aromatic rings. The third-order valence-electron chi connectivity index (χ3n) is 6.58. The van der Waals surface area contributed by atoms with Crippen molar-refractivity contribution in [1.29, 1.82) is 0 Å². The van der Waals surface area contributed by atoms with Crippen LogP contribution in [0.2, 0.25) is 0 Å². The molecule has 0 unspecified atom stereocenters. The second-order valence-electron chi connectivity index (χ2n) is 8.93. The number of alkyl halides is 1. The fourth-order valence-corrected chi connectivity index (χ4v) is 6.85. The topological polar surface area (TPSA) is 35.5 Å². The van der Waals surface area contributed by atoms with Crippen LogP contribution in [-0.4, -0.2) is 24.4 Å². The number of carbonyl (C=O) groups is 1. The molecule has 4 heteroatoms. The second-order valence-corrected chi connectivity index (χ2v) is 9.69. The smallest absolute Gasteiger partial charge is 0.165 e. The summed E-state index contributed by atoms with van der Waals surface area (Å²) in [5, 5.41) is 0. The zero-order valence-corrected chi connectivity index (χ0v) is 19.0. The number of methoxy groups -OCH3 is 2. The highest BCUT2D eigenvalue weighted by atomic mass is 127. The fourth-order valence-electron chi connectivity index (χ4n) is 5.65. The molecule has 0 aromatic heterocycles. The Kier molecular flexibility index (Phi) is 5.37. The van der Waals surface area contributed by atoms with Crippen molar-refractivity contribution in [2.24, 2.45) is 11.3 Å². The van der Waals surface area contributed by atoms with Crippen LogP contribution >= 0.6 is 22.6 Å². The van der Waals surface area contributed by atoms with Gasteiger partial charge in [-0.1, -0.05) is 62.8 Å². The summed E-state index contributed by atoms with van der Waals surface area (Å²) in [5.41, 5.74) is 3.40. The highest BCUT2D eigenvalue weighted by Crippen LogP contribution is 2.60. The lowest BCUT2D eigenvalue weighted by Crippen LogP contribution is -2.55. The predicted octanol–water partition coefficient (Wildman–Crippen LogP) is 5.45. The van der Waals surface area contributed by atoms with Crippen molar-refractivity contribution in [1.82, 2.24) is 0 Å². The number of rotatable bonds is 4. The Morgan fingerprint density at radius 2 is 1.85 bits per heavy atom. The molecule has 1 aromatic carbocycles. The van der Waals surface area contributed by atoms with Crippen molar-refractivity contribution in [2.45, 2.75) is 64.7 Å². The van der Waals surface area contributed by atoms with Crippen LogP contribution in [0.15, 0.2) is 6.07 Å². The van der Waals surface area contributed by atoms with Crippen LogP contribution in [0.4, 0.5) is 0 Å². The first-order chi connectivity index (χ1) is 12.2. The van der Waals surface area contributed by atoms with Gasteiger partial charge in [0.05, 0.1) is 14.2 Å². The molecule has 0 spiro atoms. The summed E-state index contributed by atoms with van der Waals surface area (Å²) in [7, 11) is 3.46. The Hall–Kier alpha value is -0.780. The molecule has 2 aliphatic carbocycles. The molecular weight excluding hydrogens is 439 g/mol. The number of hydrogen-bond donors (Lipinski definition) is 0. The van der Waals surface area contributed by atoms with Gasteiger partial charge in [0.1, 0.15) is 5.78 Å². The number of carbonyl (C=O) groups excluding carboxylic acids is 1. The van der Waals surface area contributed by atoms with Crippen LogP contribution in [0.3, 0.4) is 0 Å². The highest BCUT2D eigenvalue weighted by Gasteiger charge is 2.57. The van der Waals surface area contributed by atoms with E-state index in [2.05, 4.69) is 56.4 Å². The van der Waals surface area contributed by atoms with E-state index in [1.807, 2.05) is 0 Å². The molecule has 0 aliphatic heterocycles. The summed E-state index contributed by atoms with van der Waals surface area (Å²) in [6.45, 7) is 8.86. The van der Waals surface area contributed by atoms with Gasteiger partial charge < -0.3 is 9.47 Å². The quantitative estimate of drug-likeness (QED) is 0.434. The van der Waals surface area contributed by atoms with Gasteiger partial charge in [-0.25, -0.2) is 0 Å². The molecule has 144 valence electrons. The van der Waals surface area contributed by atoms with E-state index in [-0.39, 0.29) is 16.7 Å². The molecule has 0 heterocycles. The van der Waals surface area contributed by atoms with E-state index < -0.39 is 0 Å². The van der Waals surface area contributed by atoms with Gasteiger partial charge in [0, 0.05) is 33.3 Å². The number of Topliss-reactive ketones (excluding diaryl/α,β-unsaturated/α-hetero) is 1. The molecule has 1 fully saturated rings. The predicted molar refractivity (Wildman–Crippen MR) is 114 cm³/mol. The van der Waals surface area contributed by atoms with Crippen molar-refractivity contribution >= 4 is 28.4 Å². The molecule has 2 atom stereocenters. The van der Waals surface area contributed by atoms with Gasteiger partial charge in [-0.2, -0.15) is 0 Å². The summed E-state index contributed by atoms with van der Waals surface area (Å²) in [5.74, 6) is 2.48. The van der Waals surface area contributed by atoms with Gasteiger partial charge in [0.2, 0.25) is 0 Å². The van der Waals surface area contributed by atoms with E-state index in [9.17, 15) is 4.79 Å². The number of ether oxygens (including phenoxy) is 2. The van der Waals surface area contributed by atoms with Gasteiger partial charge in [-0.05, 0) is 29.7 Å². The third-order valence-corrected chi connectivity index (χ3v) is 7.94. The molecule has 26 heavy (non-hydrogen) atoms. The Morgan fingerprint density at radius 3 is 2.38 bits per heavy atom. The van der Waals surface area contributed by atoms with Crippen LogP contribution in [0.25, 0.3) is 0 Å². The van der Waals surface area contributed by atoms with E-state index in [1.165, 1.54) is 5.56 Å². The lowest BCUT2D eigenvalue weighted by molar-refractivity contribution is -0.132. The van der Waals surface area contributed by atoms with Crippen molar-refractivity contribution in [2.75, 3.05) is 18.6 Å². The highest BCUT2D eigenvalue weighted by molar-refractivity contribution is 14.1.